The van der Waals surface area contributed by atoms with Gasteiger partial charge in [-0.05, 0) is 11.3 Å². The van der Waals surface area contributed by atoms with E-state index in [0.717, 1.165) is 5.92 Å². The molecule has 2 aliphatic heterocycles. The molecule has 0 aliphatic carbocycles. The van der Waals surface area contributed by atoms with Gasteiger partial charge in [-0.2, -0.15) is 0 Å². The quantitative estimate of drug-likeness (QED) is 0.769. The average Bonchev–Trinajstić information content (AvgIpc) is 2.15. The minimum absolute atomic E-state index is 0.506. The van der Waals surface area contributed by atoms with Gasteiger partial charge in [0.25, 0.3) is 0 Å². The fraction of sp³-hybridized carbons (Fsp3) is 1.00. The zero-order valence-corrected chi connectivity index (χ0v) is 11.1. The molecule has 2 saturated heterocycles. The zero-order valence-electron chi connectivity index (χ0n) is 11.1. The lowest BCUT2D eigenvalue weighted by Crippen LogP contribution is -2.55. The van der Waals surface area contributed by atoms with E-state index in [9.17, 15) is 0 Å². The Morgan fingerprint density at radius 2 is 1.56 bits per heavy atom. The SMILES string of the molecule is CC(C)(C)C1CN(CCN2CCNCC2)C1. The molecule has 2 aliphatic rings. The van der Waals surface area contributed by atoms with Crippen LogP contribution in [0.2, 0.25) is 0 Å². The maximum absolute atomic E-state index is 3.40. The number of rotatable bonds is 3. The van der Waals surface area contributed by atoms with Crippen molar-refractivity contribution in [3.05, 3.63) is 0 Å². The number of hydrogen-bond donors (Lipinski definition) is 1. The summed E-state index contributed by atoms with van der Waals surface area (Å²) >= 11 is 0. The highest BCUT2D eigenvalue weighted by Gasteiger charge is 2.35. The molecule has 0 radical (unpaired) electrons. The molecule has 0 aromatic carbocycles. The zero-order chi connectivity index (χ0) is 11.6. The molecule has 3 nitrogen and oxygen atoms in total. The molecule has 0 saturated carbocycles. The summed E-state index contributed by atoms with van der Waals surface area (Å²) < 4.78 is 0. The van der Waals surface area contributed by atoms with Crippen molar-refractivity contribution < 1.29 is 0 Å². The van der Waals surface area contributed by atoms with Crippen LogP contribution in [0.4, 0.5) is 0 Å². The van der Waals surface area contributed by atoms with Gasteiger partial charge >= 0.3 is 0 Å². The van der Waals surface area contributed by atoms with Gasteiger partial charge in [0.1, 0.15) is 0 Å². The van der Waals surface area contributed by atoms with Crippen LogP contribution in [0.1, 0.15) is 20.8 Å². The van der Waals surface area contributed by atoms with E-state index in [2.05, 4.69) is 35.9 Å². The van der Waals surface area contributed by atoms with Gasteiger partial charge in [-0.15, -0.1) is 0 Å². The molecule has 0 bridgehead atoms. The van der Waals surface area contributed by atoms with Crippen LogP contribution >= 0.6 is 0 Å². The third kappa shape index (κ3) is 3.19. The first-order valence-corrected chi connectivity index (χ1v) is 6.71. The highest BCUT2D eigenvalue weighted by Crippen LogP contribution is 2.33. The number of nitrogens with one attached hydrogen (secondary N) is 1. The van der Waals surface area contributed by atoms with Crippen LogP contribution in [0, 0.1) is 11.3 Å². The first-order chi connectivity index (χ1) is 7.55. The first-order valence-electron chi connectivity index (χ1n) is 6.71. The predicted molar refractivity (Wildman–Crippen MR) is 68.7 cm³/mol. The van der Waals surface area contributed by atoms with E-state index in [1.165, 1.54) is 52.4 Å². The maximum Gasteiger partial charge on any atom is 0.0110 e. The molecule has 2 heterocycles. The van der Waals surface area contributed by atoms with Crippen LogP contribution in [0.15, 0.2) is 0 Å². The summed E-state index contributed by atoms with van der Waals surface area (Å²) in [5.41, 5.74) is 0.506. The average molecular weight is 225 g/mol. The monoisotopic (exact) mass is 225 g/mol. The smallest absolute Gasteiger partial charge is 0.0110 e. The summed E-state index contributed by atoms with van der Waals surface area (Å²) in [6, 6.07) is 0. The summed E-state index contributed by atoms with van der Waals surface area (Å²) in [6.45, 7) is 17.1. The Labute approximate surface area is 100 Å². The second kappa shape index (κ2) is 5.03. The van der Waals surface area contributed by atoms with Crippen LogP contribution in [-0.2, 0) is 0 Å². The second-order valence-electron chi connectivity index (χ2n) is 6.41. The van der Waals surface area contributed by atoms with Crippen molar-refractivity contribution in [1.82, 2.24) is 15.1 Å². The van der Waals surface area contributed by atoms with Gasteiger partial charge in [0.15, 0.2) is 0 Å². The molecular formula is C13H27N3. The van der Waals surface area contributed by atoms with E-state index >= 15 is 0 Å². The van der Waals surface area contributed by atoms with E-state index in [-0.39, 0.29) is 0 Å². The molecule has 0 atom stereocenters. The van der Waals surface area contributed by atoms with Crippen molar-refractivity contribution in [3.63, 3.8) is 0 Å². The minimum atomic E-state index is 0.506. The standard InChI is InChI=1S/C13H27N3/c1-13(2,3)12-10-16(11-12)9-8-15-6-4-14-5-7-15/h12,14H,4-11H2,1-3H3. The Bertz CT molecular complexity index is 210. The van der Waals surface area contributed by atoms with Crippen LogP contribution in [0.3, 0.4) is 0 Å². The third-order valence-corrected chi connectivity index (χ3v) is 4.12. The molecule has 0 spiro atoms. The van der Waals surface area contributed by atoms with Gasteiger partial charge in [-0.25, -0.2) is 0 Å². The lowest BCUT2D eigenvalue weighted by atomic mass is 9.76. The summed E-state index contributed by atoms with van der Waals surface area (Å²) in [7, 11) is 0. The van der Waals surface area contributed by atoms with E-state index in [0.29, 0.717) is 5.41 Å². The molecule has 16 heavy (non-hydrogen) atoms. The van der Waals surface area contributed by atoms with Gasteiger partial charge in [0, 0.05) is 52.4 Å². The molecule has 2 fully saturated rings. The molecule has 94 valence electrons. The summed E-state index contributed by atoms with van der Waals surface area (Å²) in [5.74, 6) is 0.913. The van der Waals surface area contributed by atoms with Gasteiger partial charge < -0.3 is 10.2 Å². The Hall–Kier alpha value is -0.120. The molecule has 0 amide bonds. The predicted octanol–water partition coefficient (Wildman–Crippen LogP) is 0.870. The third-order valence-electron chi connectivity index (χ3n) is 4.12. The fourth-order valence-electron chi connectivity index (χ4n) is 2.52. The van der Waals surface area contributed by atoms with E-state index in [1.54, 1.807) is 0 Å². The first kappa shape index (κ1) is 12.3. The minimum Gasteiger partial charge on any atom is -0.314 e. The number of hydrogen-bond acceptors (Lipinski definition) is 3. The van der Waals surface area contributed by atoms with Crippen LogP contribution in [0.25, 0.3) is 0 Å². The normalized spacial score (nSPS) is 25.7. The van der Waals surface area contributed by atoms with E-state index in [4.69, 9.17) is 0 Å². The number of nitrogens with zero attached hydrogens (tertiary/aromatic N) is 2. The van der Waals surface area contributed by atoms with Crippen molar-refractivity contribution in [1.29, 1.82) is 0 Å². The van der Waals surface area contributed by atoms with Crippen LogP contribution in [0.5, 0.6) is 0 Å². The topological polar surface area (TPSA) is 18.5 Å². The Balaban J connectivity index is 1.59. The van der Waals surface area contributed by atoms with E-state index < -0.39 is 0 Å². The molecule has 0 unspecified atom stereocenters. The lowest BCUT2D eigenvalue weighted by Gasteiger charge is -2.47. The van der Waals surface area contributed by atoms with Gasteiger partial charge in [-0.3, -0.25) is 4.90 Å². The van der Waals surface area contributed by atoms with Gasteiger partial charge in [-0.1, -0.05) is 20.8 Å². The summed E-state index contributed by atoms with van der Waals surface area (Å²) in [4.78, 5) is 5.19. The molecule has 0 aromatic rings. The summed E-state index contributed by atoms with van der Waals surface area (Å²) in [6.07, 6.45) is 0. The van der Waals surface area contributed by atoms with Crippen molar-refractivity contribution in [2.45, 2.75) is 20.8 Å². The van der Waals surface area contributed by atoms with Gasteiger partial charge in [0.05, 0.1) is 0 Å². The van der Waals surface area contributed by atoms with Gasteiger partial charge in [0.2, 0.25) is 0 Å². The molecular weight excluding hydrogens is 198 g/mol. The largest absolute Gasteiger partial charge is 0.314 e. The molecule has 2 rings (SSSR count). The maximum atomic E-state index is 3.40. The highest BCUT2D eigenvalue weighted by atomic mass is 15.2. The number of likely N-dealkylation sites (tertiary alicyclic amines) is 1. The Morgan fingerprint density at radius 3 is 2.12 bits per heavy atom. The Morgan fingerprint density at radius 1 is 1.00 bits per heavy atom. The Kier molecular flexibility index (Phi) is 3.88. The fourth-order valence-corrected chi connectivity index (χ4v) is 2.52. The lowest BCUT2D eigenvalue weighted by molar-refractivity contribution is 0.0177. The summed E-state index contributed by atoms with van der Waals surface area (Å²) in [5, 5.41) is 3.40. The number of piperazine rings is 1. The van der Waals surface area contributed by atoms with Crippen molar-refractivity contribution in [2.75, 3.05) is 52.4 Å². The van der Waals surface area contributed by atoms with Crippen LogP contribution in [-0.4, -0.2) is 62.2 Å². The van der Waals surface area contributed by atoms with Crippen molar-refractivity contribution in [2.24, 2.45) is 11.3 Å². The van der Waals surface area contributed by atoms with E-state index in [1.807, 2.05) is 0 Å². The molecule has 0 aromatic heterocycles. The highest BCUT2D eigenvalue weighted by molar-refractivity contribution is 4.88. The van der Waals surface area contributed by atoms with Crippen LogP contribution < -0.4 is 5.32 Å². The molecule has 3 heteroatoms. The molecule has 1 N–H and O–H groups in total. The van der Waals surface area contributed by atoms with Crippen molar-refractivity contribution >= 4 is 0 Å². The van der Waals surface area contributed by atoms with Crippen molar-refractivity contribution in [3.8, 4) is 0 Å². The second-order valence-corrected chi connectivity index (χ2v) is 6.41.